The number of rotatable bonds is 4. The van der Waals surface area contributed by atoms with Gasteiger partial charge in [0.25, 0.3) is 0 Å². The zero-order chi connectivity index (χ0) is 14.2. The molecule has 0 saturated heterocycles. The Kier molecular flexibility index (Phi) is 7.12. The molecule has 0 aromatic carbocycles. The molecule has 1 aromatic rings. The van der Waals surface area contributed by atoms with Crippen LogP contribution in [-0.2, 0) is 10.3 Å². The molecular weight excluding hydrogens is 341 g/mol. The third kappa shape index (κ3) is 3.58. The number of amides is 1. The van der Waals surface area contributed by atoms with Crippen LogP contribution in [0.5, 0.6) is 0 Å². The highest BCUT2D eigenvalue weighted by Gasteiger charge is 2.44. The van der Waals surface area contributed by atoms with E-state index in [1.165, 1.54) is 6.42 Å². The number of thiazole rings is 1. The summed E-state index contributed by atoms with van der Waals surface area (Å²) < 4.78 is 0. The Labute approximate surface area is 148 Å². The van der Waals surface area contributed by atoms with E-state index in [4.69, 9.17) is 5.73 Å². The van der Waals surface area contributed by atoms with E-state index in [9.17, 15) is 4.79 Å². The Morgan fingerprint density at radius 3 is 2.64 bits per heavy atom. The molecule has 0 spiro atoms. The lowest BCUT2D eigenvalue weighted by molar-refractivity contribution is -0.129. The number of carbonyl (C=O) groups excluding carboxylic acids is 1. The van der Waals surface area contributed by atoms with E-state index >= 15 is 0 Å². The molecule has 1 amide bonds. The first-order valence-corrected chi connectivity index (χ1v) is 8.47. The fraction of sp³-hybridized carbons (Fsp3) is 0.733. The normalized spacial score (nSPS) is 25.5. The Morgan fingerprint density at radius 2 is 2.14 bits per heavy atom. The summed E-state index contributed by atoms with van der Waals surface area (Å²) in [5.74, 6) is 0.675. The van der Waals surface area contributed by atoms with Gasteiger partial charge in [-0.1, -0.05) is 6.42 Å². The van der Waals surface area contributed by atoms with Gasteiger partial charge in [0.15, 0.2) is 0 Å². The summed E-state index contributed by atoms with van der Waals surface area (Å²) in [5, 5.41) is 6.47. The SMILES string of the molecule is Cc1csc(C2(NC(=O)[C@@H]3CCC[C@@H]3CN)CCC2)n1.Cl.Cl. The lowest BCUT2D eigenvalue weighted by Gasteiger charge is -2.41. The topological polar surface area (TPSA) is 68.0 Å². The second kappa shape index (κ2) is 7.95. The number of hydrogen-bond donors (Lipinski definition) is 2. The second-order valence-corrected chi connectivity index (χ2v) is 7.11. The molecule has 3 N–H and O–H groups in total. The lowest BCUT2D eigenvalue weighted by Crippen LogP contribution is -2.53. The minimum Gasteiger partial charge on any atom is -0.344 e. The molecule has 0 unspecified atom stereocenters. The van der Waals surface area contributed by atoms with Crippen molar-refractivity contribution in [2.75, 3.05) is 6.54 Å². The van der Waals surface area contributed by atoms with Gasteiger partial charge in [0.2, 0.25) is 5.91 Å². The third-order valence-electron chi connectivity index (χ3n) is 4.90. The molecular formula is C15H25Cl2N3OS. The molecule has 2 fully saturated rings. The van der Waals surface area contributed by atoms with Crippen molar-refractivity contribution in [3.8, 4) is 0 Å². The van der Waals surface area contributed by atoms with Gasteiger partial charge in [-0.05, 0) is 51.5 Å². The number of hydrogen-bond acceptors (Lipinski definition) is 4. The maximum absolute atomic E-state index is 12.6. The molecule has 2 saturated carbocycles. The highest BCUT2D eigenvalue weighted by molar-refractivity contribution is 7.09. The van der Waals surface area contributed by atoms with Crippen molar-refractivity contribution in [2.24, 2.45) is 17.6 Å². The third-order valence-corrected chi connectivity index (χ3v) is 6.06. The van der Waals surface area contributed by atoms with Crippen molar-refractivity contribution in [3.05, 3.63) is 16.1 Å². The fourth-order valence-electron chi connectivity index (χ4n) is 3.49. The smallest absolute Gasteiger partial charge is 0.224 e. The van der Waals surface area contributed by atoms with Crippen LogP contribution in [0.4, 0.5) is 0 Å². The molecule has 2 atom stereocenters. The van der Waals surface area contributed by atoms with Crippen molar-refractivity contribution in [1.29, 1.82) is 0 Å². The maximum atomic E-state index is 12.6. The Balaban J connectivity index is 0.00000121. The summed E-state index contributed by atoms with van der Waals surface area (Å²) in [5.41, 5.74) is 6.66. The van der Waals surface area contributed by atoms with Gasteiger partial charge in [0, 0.05) is 17.0 Å². The van der Waals surface area contributed by atoms with E-state index < -0.39 is 0 Å². The monoisotopic (exact) mass is 365 g/mol. The average molecular weight is 366 g/mol. The van der Waals surface area contributed by atoms with E-state index in [2.05, 4.69) is 15.7 Å². The number of nitrogens with two attached hydrogens (primary N) is 1. The van der Waals surface area contributed by atoms with Gasteiger partial charge in [0.1, 0.15) is 5.01 Å². The number of aryl methyl sites for hydroxylation is 1. The van der Waals surface area contributed by atoms with Gasteiger partial charge in [-0.25, -0.2) is 4.98 Å². The Hall–Kier alpha value is -0.360. The number of nitrogens with zero attached hydrogens (tertiary/aromatic N) is 1. The predicted molar refractivity (Wildman–Crippen MR) is 94.9 cm³/mol. The molecule has 3 rings (SSSR count). The number of carbonyl (C=O) groups is 1. The second-order valence-electron chi connectivity index (χ2n) is 6.25. The fourth-order valence-corrected chi connectivity index (χ4v) is 4.50. The van der Waals surface area contributed by atoms with E-state index in [-0.39, 0.29) is 42.2 Å². The molecule has 22 heavy (non-hydrogen) atoms. The maximum Gasteiger partial charge on any atom is 0.224 e. The summed E-state index contributed by atoms with van der Waals surface area (Å²) >= 11 is 1.67. The summed E-state index contributed by atoms with van der Waals surface area (Å²) in [6.07, 6.45) is 6.42. The van der Waals surface area contributed by atoms with Crippen LogP contribution in [-0.4, -0.2) is 17.4 Å². The first kappa shape index (κ1) is 19.7. The van der Waals surface area contributed by atoms with Gasteiger partial charge in [-0.3, -0.25) is 4.79 Å². The highest BCUT2D eigenvalue weighted by Crippen LogP contribution is 2.43. The van der Waals surface area contributed by atoms with E-state index in [1.807, 2.05) is 6.92 Å². The molecule has 0 aliphatic heterocycles. The standard InChI is InChI=1S/C15H23N3OS.2ClH/c1-10-9-20-14(17-10)15(6-3-7-15)18-13(19)12-5-2-4-11(12)8-16;;/h9,11-12H,2-8,16H2,1H3,(H,18,19);2*1H/t11-,12-;;/m1../s1. The van der Waals surface area contributed by atoms with Crippen LogP contribution >= 0.6 is 36.2 Å². The van der Waals surface area contributed by atoms with Gasteiger partial charge >= 0.3 is 0 Å². The van der Waals surface area contributed by atoms with Crippen LogP contribution in [0.25, 0.3) is 0 Å². The van der Waals surface area contributed by atoms with E-state index in [0.717, 1.165) is 42.8 Å². The number of aromatic nitrogens is 1. The molecule has 2 aliphatic rings. The molecule has 7 heteroatoms. The van der Waals surface area contributed by atoms with E-state index in [1.54, 1.807) is 11.3 Å². The van der Waals surface area contributed by atoms with Crippen molar-refractivity contribution in [2.45, 2.75) is 51.0 Å². The average Bonchev–Trinajstić information content (AvgIpc) is 3.01. The minimum absolute atomic E-state index is 0. The van der Waals surface area contributed by atoms with Crippen LogP contribution < -0.4 is 11.1 Å². The summed E-state index contributed by atoms with van der Waals surface area (Å²) in [7, 11) is 0. The van der Waals surface area contributed by atoms with Crippen molar-refractivity contribution < 1.29 is 4.79 Å². The van der Waals surface area contributed by atoms with Gasteiger partial charge in [-0.2, -0.15) is 0 Å². The largest absolute Gasteiger partial charge is 0.344 e. The van der Waals surface area contributed by atoms with E-state index in [0.29, 0.717) is 12.5 Å². The molecule has 0 radical (unpaired) electrons. The summed E-state index contributed by atoms with van der Waals surface area (Å²) in [4.78, 5) is 17.2. The van der Waals surface area contributed by atoms with Crippen LogP contribution in [0.1, 0.15) is 49.2 Å². The lowest BCUT2D eigenvalue weighted by atomic mass is 9.76. The van der Waals surface area contributed by atoms with Gasteiger partial charge in [0.05, 0.1) is 5.54 Å². The minimum atomic E-state index is -0.183. The quantitative estimate of drug-likeness (QED) is 0.860. The Bertz CT molecular complexity index is 505. The zero-order valence-electron chi connectivity index (χ0n) is 12.8. The Morgan fingerprint density at radius 1 is 1.41 bits per heavy atom. The molecule has 4 nitrogen and oxygen atoms in total. The predicted octanol–water partition coefficient (Wildman–Crippen LogP) is 3.17. The molecule has 1 heterocycles. The summed E-state index contributed by atoms with van der Waals surface area (Å²) in [6, 6.07) is 0. The van der Waals surface area contributed by atoms with Crippen molar-refractivity contribution in [3.63, 3.8) is 0 Å². The number of nitrogens with one attached hydrogen (secondary N) is 1. The first-order valence-electron chi connectivity index (χ1n) is 7.59. The molecule has 126 valence electrons. The first-order chi connectivity index (χ1) is 9.64. The van der Waals surface area contributed by atoms with Gasteiger partial charge in [-0.15, -0.1) is 36.2 Å². The van der Waals surface area contributed by atoms with Crippen LogP contribution in [0.15, 0.2) is 5.38 Å². The zero-order valence-corrected chi connectivity index (χ0v) is 15.3. The molecule has 0 bridgehead atoms. The molecule has 2 aliphatic carbocycles. The van der Waals surface area contributed by atoms with Crippen LogP contribution in [0.2, 0.25) is 0 Å². The van der Waals surface area contributed by atoms with Crippen LogP contribution in [0, 0.1) is 18.8 Å². The summed E-state index contributed by atoms with van der Waals surface area (Å²) in [6.45, 7) is 2.64. The van der Waals surface area contributed by atoms with Gasteiger partial charge < -0.3 is 11.1 Å². The molecule has 1 aromatic heterocycles. The highest BCUT2D eigenvalue weighted by atomic mass is 35.5. The van der Waals surface area contributed by atoms with Crippen molar-refractivity contribution >= 4 is 42.1 Å². The van der Waals surface area contributed by atoms with Crippen molar-refractivity contribution in [1.82, 2.24) is 10.3 Å². The number of halogens is 2. The van der Waals surface area contributed by atoms with Crippen LogP contribution in [0.3, 0.4) is 0 Å².